The summed E-state index contributed by atoms with van der Waals surface area (Å²) >= 11 is 5.37. The highest BCUT2D eigenvalue weighted by Gasteiger charge is 2.16. The number of halogens is 1. The second-order valence-corrected chi connectivity index (χ2v) is 3.60. The van der Waals surface area contributed by atoms with E-state index in [4.69, 9.17) is 21.8 Å². The van der Waals surface area contributed by atoms with Gasteiger partial charge in [-0.2, -0.15) is 0 Å². The lowest BCUT2D eigenvalue weighted by atomic mass is 10.2. The van der Waals surface area contributed by atoms with E-state index in [0.29, 0.717) is 18.6 Å². The minimum atomic E-state index is -1.35. The van der Waals surface area contributed by atoms with Gasteiger partial charge < -0.3 is 19.7 Å². The third kappa shape index (κ3) is 8.54. The van der Waals surface area contributed by atoms with Crippen molar-refractivity contribution in [3.8, 4) is 0 Å². The molecule has 2 N–H and O–H groups in total. The minimum Gasteiger partial charge on any atom is -0.512 e. The van der Waals surface area contributed by atoms with Crippen LogP contribution in [0.1, 0.15) is 6.42 Å². The number of ether oxygens (including phenoxy) is 2. The van der Waals surface area contributed by atoms with Crippen molar-refractivity contribution >= 4 is 29.5 Å². The minimum absolute atomic E-state index is 0.111. The normalized spacial score (nSPS) is 11.6. The van der Waals surface area contributed by atoms with Gasteiger partial charge in [0, 0.05) is 11.1 Å². The summed E-state index contributed by atoms with van der Waals surface area (Å²) in [5.41, 5.74) is -0.460. The predicted octanol–water partition coefficient (Wildman–Crippen LogP) is 1.77. The zero-order chi connectivity index (χ0) is 15.5. The number of aliphatic carboxylic acids is 1. The highest BCUT2D eigenvalue weighted by atomic mass is 35.5. The van der Waals surface area contributed by atoms with Crippen LogP contribution in [0.15, 0.2) is 48.1 Å². The lowest BCUT2D eigenvalue weighted by Gasteiger charge is -2.02. The number of carboxylic acid groups (broad SMARTS) is 1. The molecule has 8 heteroatoms. The first-order chi connectivity index (χ1) is 9.36. The van der Waals surface area contributed by atoms with Gasteiger partial charge in [0.2, 0.25) is 0 Å². The van der Waals surface area contributed by atoms with Crippen molar-refractivity contribution in [2.24, 2.45) is 0 Å². The molecule has 0 spiro atoms. The van der Waals surface area contributed by atoms with Crippen LogP contribution in [-0.4, -0.2) is 28.1 Å². The molecule has 0 aliphatic heterocycles. The zero-order valence-electron chi connectivity index (χ0n) is 10.1. The molecule has 0 unspecified atom stereocenters. The number of hydrogen-bond donors (Lipinski definition) is 2. The molecule has 0 aromatic heterocycles. The SMILES string of the molecule is C=C(Cl)C=COC(=O)/C=C(/CC(=O)O)C(=O)OC=CO. The summed E-state index contributed by atoms with van der Waals surface area (Å²) in [6.07, 6.45) is 3.06. The Balaban J connectivity index is 4.87. The van der Waals surface area contributed by atoms with Crippen LogP contribution in [0.2, 0.25) is 0 Å². The average molecular weight is 303 g/mol. The summed E-state index contributed by atoms with van der Waals surface area (Å²) < 4.78 is 8.85. The van der Waals surface area contributed by atoms with Crippen molar-refractivity contribution in [2.45, 2.75) is 6.42 Å². The molecule has 0 amide bonds. The van der Waals surface area contributed by atoms with Crippen molar-refractivity contribution in [1.29, 1.82) is 0 Å². The molecule has 0 bridgehead atoms. The Bertz CT molecular complexity index is 488. The smallest absolute Gasteiger partial charge is 0.339 e. The van der Waals surface area contributed by atoms with Crippen LogP contribution >= 0.6 is 11.6 Å². The third-order valence-electron chi connectivity index (χ3n) is 1.56. The summed E-state index contributed by atoms with van der Waals surface area (Å²) in [7, 11) is 0. The van der Waals surface area contributed by atoms with Crippen LogP contribution in [0.4, 0.5) is 0 Å². The molecule has 0 saturated carbocycles. The molecule has 0 aliphatic rings. The van der Waals surface area contributed by atoms with E-state index in [1.807, 2.05) is 0 Å². The maximum atomic E-state index is 11.4. The number of hydrogen-bond acceptors (Lipinski definition) is 6. The van der Waals surface area contributed by atoms with Gasteiger partial charge in [0.05, 0.1) is 18.3 Å². The standard InChI is InChI=1S/C12H11ClO7/c1-8(13)2-4-19-11(17)7-9(6-10(15)16)12(18)20-5-3-14/h2-5,7,14H,1,6H2,(H,15,16)/b4-2?,5-3?,9-7-. The van der Waals surface area contributed by atoms with Gasteiger partial charge in [-0.3, -0.25) is 4.79 Å². The highest BCUT2D eigenvalue weighted by Crippen LogP contribution is 2.06. The topological polar surface area (TPSA) is 110 Å². The maximum Gasteiger partial charge on any atom is 0.339 e. The Hall–Kier alpha value is -2.54. The second-order valence-electron chi connectivity index (χ2n) is 3.12. The summed E-state index contributed by atoms with van der Waals surface area (Å²) in [5, 5.41) is 17.0. The Morgan fingerprint density at radius 2 is 1.85 bits per heavy atom. The van der Waals surface area contributed by atoms with Crippen molar-refractivity contribution in [2.75, 3.05) is 0 Å². The molecule has 0 radical (unpaired) electrons. The fourth-order valence-corrected chi connectivity index (χ4v) is 0.916. The quantitative estimate of drug-likeness (QED) is 0.319. The number of carboxylic acids is 1. The average Bonchev–Trinajstić information content (AvgIpc) is 2.34. The molecule has 0 aliphatic carbocycles. The summed E-state index contributed by atoms with van der Waals surface area (Å²) in [6, 6.07) is 0. The largest absolute Gasteiger partial charge is 0.512 e. The van der Waals surface area contributed by atoms with Gasteiger partial charge in [-0.25, -0.2) is 9.59 Å². The van der Waals surface area contributed by atoms with Gasteiger partial charge in [0.1, 0.15) is 12.5 Å². The number of aliphatic hydroxyl groups excluding tert-OH is 1. The summed E-state index contributed by atoms with van der Waals surface area (Å²) in [6.45, 7) is 3.30. The number of allylic oxidation sites excluding steroid dienone is 2. The van der Waals surface area contributed by atoms with Gasteiger partial charge in [-0.15, -0.1) is 0 Å². The lowest BCUT2D eigenvalue weighted by Crippen LogP contribution is -2.11. The molecule has 7 nitrogen and oxygen atoms in total. The Morgan fingerprint density at radius 1 is 1.20 bits per heavy atom. The fraction of sp³-hybridized carbons (Fsp3) is 0.0833. The van der Waals surface area contributed by atoms with Crippen molar-refractivity contribution in [1.82, 2.24) is 0 Å². The Morgan fingerprint density at radius 3 is 2.35 bits per heavy atom. The third-order valence-corrected chi connectivity index (χ3v) is 1.69. The number of carbonyl (C=O) groups is 3. The number of rotatable bonds is 7. The number of esters is 2. The van der Waals surface area contributed by atoms with E-state index in [2.05, 4.69) is 16.1 Å². The first kappa shape index (κ1) is 17.5. The monoisotopic (exact) mass is 302 g/mol. The van der Waals surface area contributed by atoms with Gasteiger partial charge in [0.15, 0.2) is 0 Å². The maximum absolute atomic E-state index is 11.4. The molecular weight excluding hydrogens is 292 g/mol. The molecule has 0 atom stereocenters. The zero-order valence-corrected chi connectivity index (χ0v) is 10.9. The van der Waals surface area contributed by atoms with Gasteiger partial charge in [-0.1, -0.05) is 18.2 Å². The Kier molecular flexibility index (Phi) is 8.20. The Labute approximate surface area is 119 Å². The lowest BCUT2D eigenvalue weighted by molar-refractivity contribution is -0.140. The van der Waals surface area contributed by atoms with E-state index in [0.717, 1.165) is 6.26 Å². The molecule has 0 aromatic rings. The second kappa shape index (κ2) is 9.40. The van der Waals surface area contributed by atoms with Gasteiger partial charge >= 0.3 is 17.9 Å². The summed E-state index contributed by atoms with van der Waals surface area (Å²) in [4.78, 5) is 33.2. The van der Waals surface area contributed by atoms with E-state index in [9.17, 15) is 14.4 Å². The van der Waals surface area contributed by atoms with E-state index < -0.39 is 29.9 Å². The highest BCUT2D eigenvalue weighted by molar-refractivity contribution is 6.30. The van der Waals surface area contributed by atoms with Crippen LogP contribution in [0, 0.1) is 0 Å². The van der Waals surface area contributed by atoms with Crippen molar-refractivity contribution < 1.29 is 34.1 Å². The first-order valence-corrected chi connectivity index (χ1v) is 5.38. The van der Waals surface area contributed by atoms with Gasteiger partial charge in [-0.05, 0) is 6.08 Å². The molecule has 0 fully saturated rings. The number of carbonyl (C=O) groups excluding carboxylic acids is 2. The van der Waals surface area contributed by atoms with Crippen LogP contribution in [0.5, 0.6) is 0 Å². The predicted molar refractivity (Wildman–Crippen MR) is 68.4 cm³/mol. The van der Waals surface area contributed by atoms with E-state index in [1.165, 1.54) is 6.08 Å². The molecule has 0 rings (SSSR count). The van der Waals surface area contributed by atoms with Gasteiger partial charge in [0.25, 0.3) is 0 Å². The fourth-order valence-electron chi connectivity index (χ4n) is 0.864. The van der Waals surface area contributed by atoms with E-state index in [1.54, 1.807) is 0 Å². The van der Waals surface area contributed by atoms with E-state index >= 15 is 0 Å². The van der Waals surface area contributed by atoms with Crippen LogP contribution in [-0.2, 0) is 23.9 Å². The number of aliphatic hydroxyl groups is 1. The molecule has 108 valence electrons. The molecular formula is C12H11ClO7. The van der Waals surface area contributed by atoms with E-state index in [-0.39, 0.29) is 5.03 Å². The molecule has 0 aromatic carbocycles. The van der Waals surface area contributed by atoms with Crippen molar-refractivity contribution in [3.05, 3.63) is 48.1 Å². The molecule has 0 saturated heterocycles. The van der Waals surface area contributed by atoms with Crippen LogP contribution in [0.3, 0.4) is 0 Å². The molecule has 0 heterocycles. The van der Waals surface area contributed by atoms with Crippen molar-refractivity contribution in [3.63, 3.8) is 0 Å². The molecule has 20 heavy (non-hydrogen) atoms. The van der Waals surface area contributed by atoms with Crippen LogP contribution in [0.25, 0.3) is 0 Å². The summed E-state index contributed by atoms with van der Waals surface area (Å²) in [5.74, 6) is -3.46. The van der Waals surface area contributed by atoms with Crippen LogP contribution < -0.4 is 0 Å². The first-order valence-electron chi connectivity index (χ1n) is 5.01.